The fourth-order valence-corrected chi connectivity index (χ4v) is 1.89. The summed E-state index contributed by atoms with van der Waals surface area (Å²) in [5.74, 6) is 1.65. The predicted octanol–water partition coefficient (Wildman–Crippen LogP) is 2.80. The first-order chi connectivity index (χ1) is 8.65. The third kappa shape index (κ3) is 3.34. The van der Waals surface area contributed by atoms with Crippen molar-refractivity contribution in [1.29, 1.82) is 0 Å². The zero-order valence-electron chi connectivity index (χ0n) is 10.0. The van der Waals surface area contributed by atoms with Crippen molar-refractivity contribution >= 4 is 17.4 Å². The molecular formula is C13H14ClN3O. The van der Waals surface area contributed by atoms with Crippen molar-refractivity contribution in [3.63, 3.8) is 0 Å². The van der Waals surface area contributed by atoms with E-state index in [0.717, 1.165) is 5.56 Å². The third-order valence-corrected chi connectivity index (χ3v) is 2.69. The number of para-hydroxylation sites is 1. The summed E-state index contributed by atoms with van der Waals surface area (Å²) in [6.07, 6.45) is 0.716. The molecule has 0 amide bonds. The Morgan fingerprint density at radius 3 is 2.78 bits per heavy atom. The number of anilines is 1. The first kappa shape index (κ1) is 12.6. The van der Waals surface area contributed by atoms with Crippen LogP contribution in [0.5, 0.6) is 5.75 Å². The van der Waals surface area contributed by atoms with Crippen LogP contribution in [0.3, 0.4) is 0 Å². The number of nitrogens with one attached hydrogen (secondary N) is 1. The Hall–Kier alpha value is -1.81. The highest BCUT2D eigenvalue weighted by molar-refractivity contribution is 6.29. The van der Waals surface area contributed by atoms with Crippen molar-refractivity contribution in [3.8, 4) is 5.75 Å². The second-order valence-electron chi connectivity index (χ2n) is 3.93. The zero-order valence-corrected chi connectivity index (χ0v) is 10.8. The van der Waals surface area contributed by atoms with Gasteiger partial charge in [-0.2, -0.15) is 0 Å². The lowest BCUT2D eigenvalue weighted by molar-refractivity contribution is 0.468. The highest BCUT2D eigenvalue weighted by Gasteiger charge is 2.01. The Morgan fingerprint density at radius 2 is 2.06 bits per heavy atom. The van der Waals surface area contributed by atoms with Gasteiger partial charge in [0.25, 0.3) is 0 Å². The van der Waals surface area contributed by atoms with E-state index in [0.29, 0.717) is 35.5 Å². The van der Waals surface area contributed by atoms with E-state index in [1.807, 2.05) is 12.1 Å². The minimum atomic E-state index is 0.316. The molecule has 4 nitrogen and oxygen atoms in total. The van der Waals surface area contributed by atoms with Crippen LogP contribution in [0.2, 0.25) is 5.15 Å². The number of aromatic hydroxyl groups is 1. The summed E-state index contributed by atoms with van der Waals surface area (Å²) < 4.78 is 0. The van der Waals surface area contributed by atoms with Crippen molar-refractivity contribution < 1.29 is 5.11 Å². The molecule has 0 fully saturated rings. The molecule has 0 atom stereocenters. The molecule has 5 heteroatoms. The standard InChI is InChI=1S/C13H14ClN3O/c1-9-16-12(14)8-13(17-9)15-7-6-10-4-2-3-5-11(10)18/h2-5,8,18H,6-7H2,1H3,(H,15,16,17). The number of aryl methyl sites for hydroxylation is 1. The number of phenolic OH excluding ortho intramolecular Hbond substituents is 1. The third-order valence-electron chi connectivity index (χ3n) is 2.50. The molecule has 18 heavy (non-hydrogen) atoms. The monoisotopic (exact) mass is 263 g/mol. The molecule has 2 aromatic rings. The Balaban J connectivity index is 1.94. The van der Waals surface area contributed by atoms with Crippen molar-refractivity contribution in [2.24, 2.45) is 0 Å². The lowest BCUT2D eigenvalue weighted by atomic mass is 10.1. The van der Waals surface area contributed by atoms with Crippen LogP contribution in [0.4, 0.5) is 5.82 Å². The number of benzene rings is 1. The van der Waals surface area contributed by atoms with E-state index in [-0.39, 0.29) is 0 Å². The second-order valence-corrected chi connectivity index (χ2v) is 4.32. The molecule has 0 aliphatic carbocycles. The van der Waals surface area contributed by atoms with Gasteiger partial charge < -0.3 is 10.4 Å². The van der Waals surface area contributed by atoms with E-state index >= 15 is 0 Å². The number of halogens is 1. The maximum Gasteiger partial charge on any atom is 0.134 e. The van der Waals surface area contributed by atoms with Crippen molar-refractivity contribution in [2.45, 2.75) is 13.3 Å². The summed E-state index contributed by atoms with van der Waals surface area (Å²) in [7, 11) is 0. The summed E-state index contributed by atoms with van der Waals surface area (Å²) >= 11 is 5.84. The maximum atomic E-state index is 9.62. The number of hydrogen-bond donors (Lipinski definition) is 2. The van der Waals surface area contributed by atoms with Gasteiger partial charge in [0.2, 0.25) is 0 Å². The Morgan fingerprint density at radius 1 is 1.28 bits per heavy atom. The van der Waals surface area contributed by atoms with Crippen LogP contribution in [0.1, 0.15) is 11.4 Å². The van der Waals surface area contributed by atoms with Crippen LogP contribution in [-0.2, 0) is 6.42 Å². The molecule has 0 unspecified atom stereocenters. The van der Waals surface area contributed by atoms with Crippen molar-refractivity contribution in [2.75, 3.05) is 11.9 Å². The van der Waals surface area contributed by atoms with Crippen LogP contribution in [0.25, 0.3) is 0 Å². The van der Waals surface area contributed by atoms with Gasteiger partial charge >= 0.3 is 0 Å². The van der Waals surface area contributed by atoms with Gasteiger partial charge in [-0.15, -0.1) is 0 Å². The quantitative estimate of drug-likeness (QED) is 0.833. The molecule has 0 aliphatic rings. The fraction of sp³-hybridized carbons (Fsp3) is 0.231. The molecule has 1 heterocycles. The lowest BCUT2D eigenvalue weighted by Crippen LogP contribution is -2.07. The van der Waals surface area contributed by atoms with Crippen LogP contribution in [-0.4, -0.2) is 21.6 Å². The largest absolute Gasteiger partial charge is 0.508 e. The molecule has 2 N–H and O–H groups in total. The molecule has 94 valence electrons. The average molecular weight is 264 g/mol. The number of aromatic nitrogens is 2. The molecule has 0 saturated carbocycles. The van der Waals surface area contributed by atoms with Gasteiger partial charge in [0.15, 0.2) is 0 Å². The molecule has 0 radical (unpaired) electrons. The minimum Gasteiger partial charge on any atom is -0.508 e. The highest BCUT2D eigenvalue weighted by Crippen LogP contribution is 2.16. The van der Waals surface area contributed by atoms with Crippen molar-refractivity contribution in [3.05, 3.63) is 46.9 Å². The topological polar surface area (TPSA) is 58.0 Å². The fourth-order valence-electron chi connectivity index (χ4n) is 1.67. The van der Waals surface area contributed by atoms with Crippen LogP contribution < -0.4 is 5.32 Å². The van der Waals surface area contributed by atoms with E-state index < -0.39 is 0 Å². The molecular weight excluding hydrogens is 250 g/mol. The molecule has 2 rings (SSSR count). The maximum absolute atomic E-state index is 9.62. The smallest absolute Gasteiger partial charge is 0.134 e. The molecule has 1 aromatic carbocycles. The van der Waals surface area contributed by atoms with Crippen LogP contribution in [0, 0.1) is 6.92 Å². The minimum absolute atomic E-state index is 0.316. The number of phenols is 1. The van der Waals surface area contributed by atoms with Gasteiger partial charge in [0.1, 0.15) is 22.5 Å². The molecule has 0 bridgehead atoms. The van der Waals surface area contributed by atoms with E-state index in [9.17, 15) is 5.11 Å². The Labute approximate surface area is 111 Å². The van der Waals surface area contributed by atoms with Gasteiger partial charge in [-0.05, 0) is 25.0 Å². The molecule has 1 aromatic heterocycles. The van der Waals surface area contributed by atoms with Crippen LogP contribution in [0.15, 0.2) is 30.3 Å². The summed E-state index contributed by atoms with van der Waals surface area (Å²) in [5.41, 5.74) is 0.905. The van der Waals surface area contributed by atoms with Crippen molar-refractivity contribution in [1.82, 2.24) is 9.97 Å². The lowest BCUT2D eigenvalue weighted by Gasteiger charge is -2.07. The van der Waals surface area contributed by atoms with E-state index in [2.05, 4.69) is 15.3 Å². The summed E-state index contributed by atoms with van der Waals surface area (Å²) in [4.78, 5) is 8.21. The number of hydrogen-bond acceptors (Lipinski definition) is 4. The molecule has 0 aliphatic heterocycles. The number of rotatable bonds is 4. The normalized spacial score (nSPS) is 10.3. The summed E-state index contributed by atoms with van der Waals surface area (Å²) in [6.45, 7) is 2.46. The van der Waals surface area contributed by atoms with Gasteiger partial charge in [-0.25, -0.2) is 9.97 Å². The Kier molecular flexibility index (Phi) is 3.99. The SMILES string of the molecule is Cc1nc(Cl)cc(NCCc2ccccc2O)n1. The van der Waals surface area contributed by atoms with Gasteiger partial charge in [0, 0.05) is 12.6 Å². The Bertz CT molecular complexity index is 525. The summed E-state index contributed by atoms with van der Waals surface area (Å²) in [5, 5.41) is 13.2. The van der Waals surface area contributed by atoms with Crippen LogP contribution >= 0.6 is 11.6 Å². The summed E-state index contributed by atoms with van der Waals surface area (Å²) in [6, 6.07) is 8.97. The van der Waals surface area contributed by atoms with E-state index in [4.69, 9.17) is 11.6 Å². The zero-order chi connectivity index (χ0) is 13.0. The predicted molar refractivity (Wildman–Crippen MR) is 72.1 cm³/mol. The van der Waals surface area contributed by atoms with Gasteiger partial charge in [-0.3, -0.25) is 0 Å². The van der Waals surface area contributed by atoms with E-state index in [1.54, 1.807) is 25.1 Å². The highest BCUT2D eigenvalue weighted by atomic mass is 35.5. The first-order valence-corrected chi connectivity index (χ1v) is 6.05. The second kappa shape index (κ2) is 5.69. The van der Waals surface area contributed by atoms with Gasteiger partial charge in [-0.1, -0.05) is 29.8 Å². The molecule has 0 spiro atoms. The average Bonchev–Trinajstić information content (AvgIpc) is 2.30. The first-order valence-electron chi connectivity index (χ1n) is 5.67. The number of nitrogens with zero attached hydrogens (tertiary/aromatic N) is 2. The molecule has 0 saturated heterocycles. The van der Waals surface area contributed by atoms with Gasteiger partial charge in [0.05, 0.1) is 0 Å². The van der Waals surface area contributed by atoms with E-state index in [1.165, 1.54) is 0 Å².